The van der Waals surface area contributed by atoms with Crippen molar-refractivity contribution >= 4 is 0 Å². The van der Waals surface area contributed by atoms with E-state index in [-0.39, 0.29) is 0 Å². The molecule has 0 fully saturated rings. The summed E-state index contributed by atoms with van der Waals surface area (Å²) in [5.74, 6) is 0. The highest BCUT2D eigenvalue weighted by Crippen LogP contribution is 1.98. The fraction of sp³-hybridized carbons (Fsp3) is 0.750. The van der Waals surface area contributed by atoms with Gasteiger partial charge in [-0.3, -0.25) is 0 Å². The van der Waals surface area contributed by atoms with Crippen molar-refractivity contribution in [3.63, 3.8) is 0 Å². The molecule has 0 aromatic heterocycles. The molecule has 0 aliphatic carbocycles. The number of hydrogen-bond acceptors (Lipinski definition) is 3. The Labute approximate surface area is 68.1 Å². The van der Waals surface area contributed by atoms with E-state index in [1.54, 1.807) is 0 Å². The summed E-state index contributed by atoms with van der Waals surface area (Å²) in [5, 5.41) is 0. The lowest BCUT2D eigenvalue weighted by molar-refractivity contribution is -0.249. The predicted octanol–water partition coefficient (Wildman–Crippen LogP) is 1.94. The van der Waals surface area contributed by atoms with Crippen LogP contribution in [0.1, 0.15) is 32.6 Å². The SMILES string of the molecule is CCCCCCOOC=CN. The highest BCUT2D eigenvalue weighted by molar-refractivity contribution is 4.60. The van der Waals surface area contributed by atoms with Crippen molar-refractivity contribution in [2.24, 2.45) is 5.73 Å². The average Bonchev–Trinajstić information content (AvgIpc) is 2.03. The molecular weight excluding hydrogens is 142 g/mol. The summed E-state index contributed by atoms with van der Waals surface area (Å²) < 4.78 is 0. The topological polar surface area (TPSA) is 44.5 Å². The van der Waals surface area contributed by atoms with E-state index >= 15 is 0 Å². The summed E-state index contributed by atoms with van der Waals surface area (Å²) in [4.78, 5) is 9.31. The molecule has 0 aromatic rings. The van der Waals surface area contributed by atoms with Crippen LogP contribution in [0.25, 0.3) is 0 Å². The molecule has 0 aliphatic heterocycles. The lowest BCUT2D eigenvalue weighted by atomic mass is 10.2. The number of nitrogens with two attached hydrogens (primary N) is 1. The van der Waals surface area contributed by atoms with Crippen molar-refractivity contribution in [2.45, 2.75) is 32.6 Å². The maximum absolute atomic E-state index is 5.01. The van der Waals surface area contributed by atoms with E-state index in [0.717, 1.165) is 6.42 Å². The average molecular weight is 159 g/mol. The van der Waals surface area contributed by atoms with E-state index < -0.39 is 0 Å². The van der Waals surface area contributed by atoms with Crippen LogP contribution < -0.4 is 5.73 Å². The molecule has 0 bridgehead atoms. The predicted molar refractivity (Wildman–Crippen MR) is 44.5 cm³/mol. The van der Waals surface area contributed by atoms with Gasteiger partial charge in [0.05, 0.1) is 6.61 Å². The van der Waals surface area contributed by atoms with E-state index in [9.17, 15) is 0 Å². The zero-order valence-corrected chi connectivity index (χ0v) is 7.08. The summed E-state index contributed by atoms with van der Waals surface area (Å²) in [6, 6.07) is 0. The summed E-state index contributed by atoms with van der Waals surface area (Å²) >= 11 is 0. The monoisotopic (exact) mass is 159 g/mol. The Kier molecular flexibility index (Phi) is 8.71. The quantitative estimate of drug-likeness (QED) is 0.267. The van der Waals surface area contributed by atoms with Gasteiger partial charge in [0.25, 0.3) is 0 Å². The Balaban J connectivity index is 2.79. The molecule has 0 heterocycles. The second-order valence-electron chi connectivity index (χ2n) is 2.31. The molecule has 3 nitrogen and oxygen atoms in total. The van der Waals surface area contributed by atoms with Crippen LogP contribution in [0.15, 0.2) is 12.5 Å². The van der Waals surface area contributed by atoms with E-state index in [1.165, 1.54) is 31.7 Å². The summed E-state index contributed by atoms with van der Waals surface area (Å²) in [7, 11) is 0. The van der Waals surface area contributed by atoms with Gasteiger partial charge in [-0.15, -0.1) is 0 Å². The number of hydrogen-bond donors (Lipinski definition) is 1. The number of unbranched alkanes of at least 4 members (excludes halogenated alkanes) is 3. The fourth-order valence-corrected chi connectivity index (χ4v) is 0.707. The molecule has 0 aromatic carbocycles. The zero-order chi connectivity index (χ0) is 8.36. The molecule has 0 saturated carbocycles. The van der Waals surface area contributed by atoms with Gasteiger partial charge in [0.15, 0.2) is 0 Å². The van der Waals surface area contributed by atoms with Crippen LogP contribution in [0.5, 0.6) is 0 Å². The van der Waals surface area contributed by atoms with Crippen LogP contribution in [0, 0.1) is 0 Å². The molecule has 0 unspecified atom stereocenters. The van der Waals surface area contributed by atoms with Crippen molar-refractivity contribution in [2.75, 3.05) is 6.61 Å². The first-order valence-corrected chi connectivity index (χ1v) is 4.06. The number of rotatable bonds is 7. The maximum Gasteiger partial charge on any atom is 0.144 e. The summed E-state index contributed by atoms with van der Waals surface area (Å²) in [5.41, 5.74) is 5.01. The van der Waals surface area contributed by atoms with Gasteiger partial charge in [-0.05, 0) is 6.42 Å². The van der Waals surface area contributed by atoms with E-state index in [4.69, 9.17) is 10.6 Å². The van der Waals surface area contributed by atoms with Crippen molar-refractivity contribution in [3.05, 3.63) is 12.5 Å². The molecule has 0 radical (unpaired) electrons. The Bertz CT molecular complexity index is 94.1. The van der Waals surface area contributed by atoms with Crippen LogP contribution in [0.4, 0.5) is 0 Å². The lowest BCUT2D eigenvalue weighted by Crippen LogP contribution is -1.92. The Hall–Kier alpha value is -0.700. The minimum Gasteiger partial charge on any atom is -0.402 e. The van der Waals surface area contributed by atoms with Crippen LogP contribution in [-0.4, -0.2) is 6.61 Å². The molecular formula is C8H17NO2. The largest absolute Gasteiger partial charge is 0.402 e. The third-order valence-electron chi connectivity index (χ3n) is 1.28. The first-order chi connectivity index (χ1) is 5.41. The van der Waals surface area contributed by atoms with Crippen LogP contribution in [-0.2, 0) is 9.78 Å². The first kappa shape index (κ1) is 10.3. The second kappa shape index (κ2) is 9.30. The molecule has 0 rings (SSSR count). The van der Waals surface area contributed by atoms with E-state index in [1.807, 2.05) is 0 Å². The Morgan fingerprint density at radius 3 is 2.73 bits per heavy atom. The molecule has 11 heavy (non-hydrogen) atoms. The van der Waals surface area contributed by atoms with Gasteiger partial charge in [-0.1, -0.05) is 26.2 Å². The summed E-state index contributed by atoms with van der Waals surface area (Å²) in [6.45, 7) is 2.82. The smallest absolute Gasteiger partial charge is 0.144 e. The van der Waals surface area contributed by atoms with Gasteiger partial charge in [0, 0.05) is 6.20 Å². The van der Waals surface area contributed by atoms with Gasteiger partial charge in [-0.25, -0.2) is 0 Å². The normalized spacial score (nSPS) is 10.6. The lowest BCUT2D eigenvalue weighted by Gasteiger charge is -1.99. The minimum absolute atomic E-state index is 0.643. The third-order valence-corrected chi connectivity index (χ3v) is 1.28. The van der Waals surface area contributed by atoms with Crippen molar-refractivity contribution in [1.29, 1.82) is 0 Å². The van der Waals surface area contributed by atoms with Gasteiger partial charge >= 0.3 is 0 Å². The van der Waals surface area contributed by atoms with Crippen molar-refractivity contribution in [1.82, 2.24) is 0 Å². The third kappa shape index (κ3) is 9.30. The highest BCUT2D eigenvalue weighted by Gasteiger charge is 1.87. The zero-order valence-electron chi connectivity index (χ0n) is 7.08. The standard InChI is InChI=1S/C8H17NO2/c1-2-3-4-5-7-10-11-8-6-9/h6,8H,2-5,7,9H2,1H3. The van der Waals surface area contributed by atoms with E-state index in [0.29, 0.717) is 6.61 Å². The molecule has 0 spiro atoms. The Morgan fingerprint density at radius 2 is 2.09 bits per heavy atom. The molecule has 0 amide bonds. The van der Waals surface area contributed by atoms with Gasteiger partial charge in [0.1, 0.15) is 6.26 Å². The van der Waals surface area contributed by atoms with Gasteiger partial charge < -0.3 is 10.6 Å². The molecule has 3 heteroatoms. The molecule has 0 saturated heterocycles. The van der Waals surface area contributed by atoms with Crippen LogP contribution in [0.3, 0.4) is 0 Å². The Morgan fingerprint density at radius 1 is 1.27 bits per heavy atom. The first-order valence-electron chi connectivity index (χ1n) is 4.06. The fourth-order valence-electron chi connectivity index (χ4n) is 0.707. The van der Waals surface area contributed by atoms with Gasteiger partial charge in [0.2, 0.25) is 0 Å². The van der Waals surface area contributed by atoms with Crippen LogP contribution >= 0.6 is 0 Å². The van der Waals surface area contributed by atoms with Gasteiger partial charge in [-0.2, -0.15) is 4.89 Å². The second-order valence-corrected chi connectivity index (χ2v) is 2.31. The molecule has 0 aliphatic rings. The van der Waals surface area contributed by atoms with E-state index in [2.05, 4.69) is 11.8 Å². The molecule has 0 atom stereocenters. The summed E-state index contributed by atoms with van der Waals surface area (Å²) in [6.07, 6.45) is 7.37. The maximum atomic E-state index is 5.01. The highest BCUT2D eigenvalue weighted by atomic mass is 17.2. The van der Waals surface area contributed by atoms with Crippen molar-refractivity contribution in [3.8, 4) is 0 Å². The van der Waals surface area contributed by atoms with Crippen molar-refractivity contribution < 1.29 is 9.78 Å². The molecule has 66 valence electrons. The van der Waals surface area contributed by atoms with Crippen LogP contribution in [0.2, 0.25) is 0 Å². The minimum atomic E-state index is 0.643. The molecule has 2 N–H and O–H groups in total.